The molecule has 1 aliphatic rings. The average Bonchev–Trinajstić information content (AvgIpc) is 3.00. The molecule has 1 atom stereocenters. The van der Waals surface area contributed by atoms with Gasteiger partial charge in [0.25, 0.3) is 15.9 Å². The first-order chi connectivity index (χ1) is 15.8. The number of rotatable bonds is 10. The van der Waals surface area contributed by atoms with E-state index in [1.54, 1.807) is 13.0 Å². The smallest absolute Gasteiger partial charge is 0.269 e. The van der Waals surface area contributed by atoms with Crippen LogP contribution in [0.3, 0.4) is 0 Å². The third kappa shape index (κ3) is 5.42. The van der Waals surface area contributed by atoms with E-state index in [0.717, 1.165) is 18.4 Å². The zero-order valence-corrected chi connectivity index (χ0v) is 19.7. The molecule has 0 radical (unpaired) electrons. The van der Waals surface area contributed by atoms with E-state index in [-0.39, 0.29) is 22.9 Å². The quantitative estimate of drug-likeness (QED) is 0.535. The molecule has 2 aromatic carbocycles. The Kier molecular flexibility index (Phi) is 7.86. The number of carbonyl (C=O) groups is 3. The summed E-state index contributed by atoms with van der Waals surface area (Å²) in [5.41, 5.74) is 1.03. The van der Waals surface area contributed by atoms with Crippen molar-refractivity contribution >= 4 is 27.7 Å². The van der Waals surface area contributed by atoms with Crippen LogP contribution in [-0.2, 0) is 26.0 Å². The molecule has 0 bridgehead atoms. The largest absolute Gasteiger partial charge is 0.354 e. The number of nitrogens with zero attached hydrogens (tertiary/aromatic N) is 2. The molecule has 0 unspecified atom stereocenters. The summed E-state index contributed by atoms with van der Waals surface area (Å²) in [6, 6.07) is 14.6. The fraction of sp³-hybridized carbons (Fsp3) is 0.375. The Balaban J connectivity index is 1.79. The number of benzene rings is 2. The molecule has 3 rings (SSSR count). The van der Waals surface area contributed by atoms with Crippen LogP contribution in [0, 0.1) is 0 Å². The molecule has 1 heterocycles. The van der Waals surface area contributed by atoms with Crippen LogP contribution in [0.5, 0.6) is 0 Å². The van der Waals surface area contributed by atoms with Gasteiger partial charge >= 0.3 is 0 Å². The molecular formula is C24H29N3O5S. The molecule has 3 amide bonds. The number of amides is 3. The van der Waals surface area contributed by atoms with Gasteiger partial charge in [-0.25, -0.2) is 12.7 Å². The van der Waals surface area contributed by atoms with Gasteiger partial charge in [0.15, 0.2) is 0 Å². The van der Waals surface area contributed by atoms with Crippen LogP contribution in [-0.4, -0.2) is 61.0 Å². The Labute approximate surface area is 194 Å². The minimum absolute atomic E-state index is 0.0477. The molecule has 2 aromatic rings. The Morgan fingerprint density at radius 1 is 1.06 bits per heavy atom. The number of carbonyl (C=O) groups excluding carboxylic acids is 3. The number of sulfonamides is 1. The summed E-state index contributed by atoms with van der Waals surface area (Å²) in [4.78, 5) is 39.9. The van der Waals surface area contributed by atoms with Crippen molar-refractivity contribution < 1.29 is 22.8 Å². The molecule has 0 aliphatic carbocycles. The van der Waals surface area contributed by atoms with Crippen molar-refractivity contribution in [2.24, 2.45) is 0 Å². The Hall–Kier alpha value is -3.20. The van der Waals surface area contributed by atoms with Gasteiger partial charge in [0.05, 0.1) is 5.56 Å². The molecule has 0 aromatic heterocycles. The van der Waals surface area contributed by atoms with E-state index in [9.17, 15) is 22.8 Å². The number of hydrogen-bond acceptors (Lipinski definition) is 5. The fourth-order valence-corrected chi connectivity index (χ4v) is 5.23. The predicted octanol–water partition coefficient (Wildman–Crippen LogP) is 2.21. The summed E-state index contributed by atoms with van der Waals surface area (Å²) in [5.74, 6) is -1.65. The van der Waals surface area contributed by atoms with Gasteiger partial charge in [0.2, 0.25) is 11.8 Å². The average molecular weight is 472 g/mol. The Morgan fingerprint density at radius 3 is 2.39 bits per heavy atom. The van der Waals surface area contributed by atoms with Gasteiger partial charge in [0, 0.05) is 13.1 Å². The maximum absolute atomic E-state index is 13.3. The lowest BCUT2D eigenvalue weighted by Crippen LogP contribution is -2.52. The van der Waals surface area contributed by atoms with Crippen LogP contribution in [0.2, 0.25) is 0 Å². The molecule has 176 valence electrons. The molecule has 1 N–H and O–H groups in total. The number of fused-ring (bicyclic) bond motifs is 1. The van der Waals surface area contributed by atoms with Gasteiger partial charge in [-0.2, -0.15) is 0 Å². The van der Waals surface area contributed by atoms with Crippen LogP contribution in [0.1, 0.15) is 42.6 Å². The lowest BCUT2D eigenvalue weighted by molar-refractivity contribution is -0.139. The third-order valence-corrected chi connectivity index (χ3v) is 7.46. The second kappa shape index (κ2) is 10.6. The van der Waals surface area contributed by atoms with Gasteiger partial charge < -0.3 is 10.2 Å². The van der Waals surface area contributed by atoms with Gasteiger partial charge in [-0.05, 0) is 37.5 Å². The summed E-state index contributed by atoms with van der Waals surface area (Å²) in [5, 5.41) is 2.82. The molecule has 0 saturated heterocycles. The van der Waals surface area contributed by atoms with Gasteiger partial charge in [-0.3, -0.25) is 14.4 Å². The second-order valence-corrected chi connectivity index (χ2v) is 9.79. The van der Waals surface area contributed by atoms with Gasteiger partial charge in [-0.1, -0.05) is 55.8 Å². The van der Waals surface area contributed by atoms with E-state index in [2.05, 4.69) is 5.32 Å². The molecule has 8 nitrogen and oxygen atoms in total. The minimum Gasteiger partial charge on any atom is -0.354 e. The normalized spacial score (nSPS) is 15.1. The lowest BCUT2D eigenvalue weighted by atomic mass is 10.1. The summed E-state index contributed by atoms with van der Waals surface area (Å²) in [6.45, 7) is 3.67. The zero-order chi connectivity index (χ0) is 24.0. The first-order valence-electron chi connectivity index (χ1n) is 11.0. The molecular weight excluding hydrogens is 442 g/mol. The molecule has 33 heavy (non-hydrogen) atoms. The van der Waals surface area contributed by atoms with Crippen molar-refractivity contribution in [2.75, 3.05) is 19.6 Å². The van der Waals surface area contributed by atoms with Crippen molar-refractivity contribution in [3.63, 3.8) is 0 Å². The molecule has 0 spiro atoms. The van der Waals surface area contributed by atoms with Crippen molar-refractivity contribution in [3.8, 4) is 0 Å². The van der Waals surface area contributed by atoms with Gasteiger partial charge in [-0.15, -0.1) is 0 Å². The standard InChI is InChI=1S/C24H29N3O5S/c1-3-4-15-25-23(29)18(2)26(16-14-19-10-6-5-7-11-19)22(28)17-27-24(30)20-12-8-9-13-21(20)33(27,31)32/h5-13,18H,3-4,14-17H2,1-2H3,(H,25,29)/t18-/m1/s1. The Bertz CT molecular complexity index is 1120. The summed E-state index contributed by atoms with van der Waals surface area (Å²) in [6.07, 6.45) is 2.22. The second-order valence-electron chi connectivity index (χ2n) is 7.96. The number of nitrogens with one attached hydrogen (secondary N) is 1. The van der Waals surface area contributed by atoms with Crippen molar-refractivity contribution in [2.45, 2.75) is 44.0 Å². The maximum atomic E-state index is 13.3. The highest BCUT2D eigenvalue weighted by Gasteiger charge is 2.43. The third-order valence-electron chi connectivity index (χ3n) is 5.67. The van der Waals surface area contributed by atoms with E-state index in [1.807, 2.05) is 37.3 Å². The molecule has 9 heteroatoms. The highest BCUT2D eigenvalue weighted by Crippen LogP contribution is 2.29. The first-order valence-corrected chi connectivity index (χ1v) is 12.5. The molecule has 0 fully saturated rings. The predicted molar refractivity (Wildman–Crippen MR) is 124 cm³/mol. The van der Waals surface area contributed by atoms with Crippen LogP contribution in [0.25, 0.3) is 0 Å². The number of unbranched alkanes of at least 4 members (excludes halogenated alkanes) is 1. The topological polar surface area (TPSA) is 104 Å². The number of hydrogen-bond donors (Lipinski definition) is 1. The first kappa shape index (κ1) is 24.4. The van der Waals surface area contributed by atoms with Crippen LogP contribution < -0.4 is 5.32 Å². The van der Waals surface area contributed by atoms with Gasteiger partial charge in [0.1, 0.15) is 17.5 Å². The SMILES string of the molecule is CCCCNC(=O)[C@@H](C)N(CCc1ccccc1)C(=O)CN1C(=O)c2ccccc2S1(=O)=O. The van der Waals surface area contributed by atoms with Crippen molar-refractivity contribution in [3.05, 3.63) is 65.7 Å². The Morgan fingerprint density at radius 2 is 1.73 bits per heavy atom. The van der Waals surface area contributed by atoms with E-state index in [1.165, 1.54) is 23.1 Å². The summed E-state index contributed by atoms with van der Waals surface area (Å²) in [7, 11) is -4.12. The molecule has 1 aliphatic heterocycles. The van der Waals surface area contributed by atoms with E-state index in [0.29, 0.717) is 17.3 Å². The minimum atomic E-state index is -4.12. The highest BCUT2D eigenvalue weighted by molar-refractivity contribution is 7.90. The summed E-state index contributed by atoms with van der Waals surface area (Å²) >= 11 is 0. The van der Waals surface area contributed by atoms with E-state index < -0.39 is 34.4 Å². The lowest BCUT2D eigenvalue weighted by Gasteiger charge is -2.30. The summed E-state index contributed by atoms with van der Waals surface area (Å²) < 4.78 is 26.3. The van der Waals surface area contributed by atoms with E-state index in [4.69, 9.17) is 0 Å². The van der Waals surface area contributed by atoms with E-state index >= 15 is 0 Å². The fourth-order valence-electron chi connectivity index (χ4n) is 3.71. The van der Waals surface area contributed by atoms with Crippen LogP contribution >= 0.6 is 0 Å². The van der Waals surface area contributed by atoms with Crippen LogP contribution in [0.15, 0.2) is 59.5 Å². The monoisotopic (exact) mass is 471 g/mol. The highest BCUT2D eigenvalue weighted by atomic mass is 32.2. The molecule has 0 saturated carbocycles. The maximum Gasteiger partial charge on any atom is 0.269 e. The van der Waals surface area contributed by atoms with Crippen LogP contribution in [0.4, 0.5) is 0 Å². The van der Waals surface area contributed by atoms with Crippen molar-refractivity contribution in [1.29, 1.82) is 0 Å². The zero-order valence-electron chi connectivity index (χ0n) is 18.9. The van der Waals surface area contributed by atoms with Crippen molar-refractivity contribution in [1.82, 2.24) is 14.5 Å².